The fraction of sp³-hybridized carbons (Fsp3) is 0.375. The van der Waals surface area contributed by atoms with Gasteiger partial charge in [0.15, 0.2) is 0 Å². The Kier molecular flexibility index (Phi) is 6.90. The Hall–Kier alpha value is -3.04. The molecule has 2 heterocycles. The average Bonchev–Trinajstić information content (AvgIpc) is 3.32. The van der Waals surface area contributed by atoms with Gasteiger partial charge in [0.2, 0.25) is 10.0 Å². The van der Waals surface area contributed by atoms with Crippen LogP contribution in [0.25, 0.3) is 0 Å². The van der Waals surface area contributed by atoms with Crippen molar-refractivity contribution >= 4 is 15.9 Å². The highest BCUT2D eigenvalue weighted by atomic mass is 32.2. The van der Waals surface area contributed by atoms with E-state index in [1.807, 2.05) is 34.9 Å². The first-order chi connectivity index (χ1) is 15.9. The van der Waals surface area contributed by atoms with Gasteiger partial charge in [-0.25, -0.2) is 13.1 Å². The van der Waals surface area contributed by atoms with E-state index in [-0.39, 0.29) is 23.3 Å². The van der Waals surface area contributed by atoms with E-state index in [1.54, 1.807) is 30.3 Å². The summed E-state index contributed by atoms with van der Waals surface area (Å²) >= 11 is 0. The largest absolute Gasteiger partial charge is 0.339 e. The summed E-state index contributed by atoms with van der Waals surface area (Å²) in [6.45, 7) is 6.01. The van der Waals surface area contributed by atoms with E-state index in [2.05, 4.69) is 21.8 Å². The molecular formula is C24H29N5O3S. The van der Waals surface area contributed by atoms with Crippen LogP contribution in [0.1, 0.15) is 53.0 Å². The molecule has 8 nitrogen and oxygen atoms in total. The lowest BCUT2D eigenvalue weighted by molar-refractivity contribution is 0.0710. The number of hydrogen-bond donors (Lipinski definition) is 1. The van der Waals surface area contributed by atoms with Gasteiger partial charge in [0.1, 0.15) is 12.2 Å². The molecule has 0 spiro atoms. The maximum absolute atomic E-state index is 13.2. The molecule has 4 rings (SSSR count). The third kappa shape index (κ3) is 5.15. The quantitative estimate of drug-likeness (QED) is 0.576. The fourth-order valence-corrected chi connectivity index (χ4v) is 5.51. The predicted molar refractivity (Wildman–Crippen MR) is 125 cm³/mol. The van der Waals surface area contributed by atoms with E-state index < -0.39 is 10.0 Å². The minimum Gasteiger partial charge on any atom is -0.339 e. The minimum absolute atomic E-state index is 0.134. The maximum atomic E-state index is 13.2. The normalized spacial score (nSPS) is 15.0. The highest BCUT2D eigenvalue weighted by molar-refractivity contribution is 7.89. The van der Waals surface area contributed by atoms with Crippen molar-refractivity contribution in [3.63, 3.8) is 0 Å². The van der Waals surface area contributed by atoms with Crippen molar-refractivity contribution in [2.45, 2.75) is 50.6 Å². The number of aromatic nitrogens is 3. The number of likely N-dealkylation sites (tertiary alicyclic amines) is 1. The van der Waals surface area contributed by atoms with Crippen molar-refractivity contribution in [3.05, 3.63) is 77.4 Å². The first-order valence-electron chi connectivity index (χ1n) is 11.2. The Morgan fingerprint density at radius 1 is 1.12 bits per heavy atom. The summed E-state index contributed by atoms with van der Waals surface area (Å²) in [7, 11) is -3.76. The first kappa shape index (κ1) is 23.1. The third-order valence-corrected chi connectivity index (χ3v) is 7.71. The van der Waals surface area contributed by atoms with Crippen LogP contribution in [0.4, 0.5) is 0 Å². The number of nitrogens with zero attached hydrogens (tertiary/aromatic N) is 4. The number of aryl methyl sites for hydroxylation is 2. The van der Waals surface area contributed by atoms with Crippen molar-refractivity contribution in [3.8, 4) is 0 Å². The molecule has 0 bridgehead atoms. The van der Waals surface area contributed by atoms with E-state index in [1.165, 1.54) is 6.07 Å². The second kappa shape index (κ2) is 9.84. The number of carbonyl (C=O) groups is 1. The van der Waals surface area contributed by atoms with Crippen LogP contribution in [0, 0.1) is 6.92 Å². The standard InChI is InChI=1S/C24H29N5O3S/c1-3-28-17-25-27-23(28)20-11-13-29(14-12-20)24(30)21-10-9-18(2)22(15-21)33(31,32)26-16-19-7-5-4-6-8-19/h4-10,15,17,20,26H,3,11-14,16H2,1-2H3. The van der Waals surface area contributed by atoms with Crippen molar-refractivity contribution in [1.82, 2.24) is 24.4 Å². The summed E-state index contributed by atoms with van der Waals surface area (Å²) < 4.78 is 30.6. The highest BCUT2D eigenvalue weighted by Gasteiger charge is 2.28. The third-order valence-electron chi connectivity index (χ3n) is 6.17. The van der Waals surface area contributed by atoms with E-state index in [9.17, 15) is 13.2 Å². The van der Waals surface area contributed by atoms with Gasteiger partial charge in [0.25, 0.3) is 5.91 Å². The lowest BCUT2D eigenvalue weighted by Gasteiger charge is -2.31. The van der Waals surface area contributed by atoms with Gasteiger partial charge in [0, 0.05) is 37.7 Å². The summed E-state index contributed by atoms with van der Waals surface area (Å²) in [6.07, 6.45) is 3.35. The monoisotopic (exact) mass is 467 g/mol. The Morgan fingerprint density at radius 3 is 2.55 bits per heavy atom. The molecule has 9 heteroatoms. The van der Waals surface area contributed by atoms with Gasteiger partial charge in [0.05, 0.1) is 4.90 Å². The summed E-state index contributed by atoms with van der Waals surface area (Å²) in [5.41, 5.74) is 1.85. The number of benzene rings is 2. The van der Waals surface area contributed by atoms with Gasteiger partial charge in [-0.05, 0) is 49.9 Å². The van der Waals surface area contributed by atoms with Crippen molar-refractivity contribution < 1.29 is 13.2 Å². The molecule has 0 radical (unpaired) electrons. The van der Waals surface area contributed by atoms with Crippen LogP contribution in [-0.4, -0.2) is 47.1 Å². The molecule has 2 aromatic carbocycles. The summed E-state index contributed by atoms with van der Waals surface area (Å²) in [4.78, 5) is 15.1. The first-order valence-corrected chi connectivity index (χ1v) is 12.7. The summed E-state index contributed by atoms with van der Waals surface area (Å²) in [6, 6.07) is 14.2. The zero-order valence-corrected chi connectivity index (χ0v) is 19.8. The smallest absolute Gasteiger partial charge is 0.253 e. The van der Waals surface area contributed by atoms with Crippen molar-refractivity contribution in [2.75, 3.05) is 13.1 Å². The summed E-state index contributed by atoms with van der Waals surface area (Å²) in [5, 5.41) is 8.28. The van der Waals surface area contributed by atoms with Crippen LogP contribution < -0.4 is 4.72 Å². The molecule has 1 fully saturated rings. The van der Waals surface area contributed by atoms with Crippen LogP contribution in [0.3, 0.4) is 0 Å². The number of piperidine rings is 1. The number of rotatable bonds is 7. The van der Waals surface area contributed by atoms with E-state index in [0.717, 1.165) is 30.8 Å². The van der Waals surface area contributed by atoms with E-state index in [0.29, 0.717) is 24.2 Å². The van der Waals surface area contributed by atoms with Crippen LogP contribution in [0.15, 0.2) is 59.8 Å². The Balaban J connectivity index is 1.45. The molecular weight excluding hydrogens is 438 g/mol. The number of carbonyl (C=O) groups excluding carboxylic acids is 1. The zero-order valence-electron chi connectivity index (χ0n) is 18.9. The van der Waals surface area contributed by atoms with Gasteiger partial charge >= 0.3 is 0 Å². The number of hydrogen-bond acceptors (Lipinski definition) is 5. The number of amides is 1. The van der Waals surface area contributed by atoms with Crippen LogP contribution >= 0.6 is 0 Å². The summed E-state index contributed by atoms with van der Waals surface area (Å²) in [5.74, 6) is 1.09. The molecule has 33 heavy (non-hydrogen) atoms. The van der Waals surface area contributed by atoms with Gasteiger partial charge in [-0.3, -0.25) is 4.79 Å². The molecule has 1 N–H and O–H groups in total. The molecule has 0 aliphatic carbocycles. The van der Waals surface area contributed by atoms with Crippen LogP contribution in [0.5, 0.6) is 0 Å². The predicted octanol–water partition coefficient (Wildman–Crippen LogP) is 3.10. The van der Waals surface area contributed by atoms with Crippen LogP contribution in [0.2, 0.25) is 0 Å². The second-order valence-corrected chi connectivity index (χ2v) is 10.1. The maximum Gasteiger partial charge on any atom is 0.253 e. The van der Waals surface area contributed by atoms with E-state index >= 15 is 0 Å². The fourth-order valence-electron chi connectivity index (χ4n) is 4.22. The van der Waals surface area contributed by atoms with E-state index in [4.69, 9.17) is 0 Å². The van der Waals surface area contributed by atoms with Gasteiger partial charge < -0.3 is 9.47 Å². The van der Waals surface area contributed by atoms with Gasteiger partial charge in [-0.2, -0.15) is 0 Å². The Morgan fingerprint density at radius 2 is 1.85 bits per heavy atom. The average molecular weight is 468 g/mol. The molecule has 1 aromatic heterocycles. The van der Waals surface area contributed by atoms with Crippen LogP contribution in [-0.2, 0) is 23.1 Å². The SMILES string of the molecule is CCn1cnnc1C1CCN(C(=O)c2ccc(C)c(S(=O)(=O)NCc3ccccc3)c2)CC1. The molecule has 1 aliphatic rings. The highest BCUT2D eigenvalue weighted by Crippen LogP contribution is 2.28. The molecule has 0 atom stereocenters. The van der Waals surface area contributed by atoms with Gasteiger partial charge in [-0.1, -0.05) is 36.4 Å². The Bertz CT molecular complexity index is 1220. The topological polar surface area (TPSA) is 97.2 Å². The molecule has 1 aliphatic heterocycles. The molecule has 1 amide bonds. The van der Waals surface area contributed by atoms with Crippen molar-refractivity contribution in [2.24, 2.45) is 0 Å². The lowest BCUT2D eigenvalue weighted by Crippen LogP contribution is -2.38. The van der Waals surface area contributed by atoms with Crippen molar-refractivity contribution in [1.29, 1.82) is 0 Å². The second-order valence-electron chi connectivity index (χ2n) is 8.33. The minimum atomic E-state index is -3.76. The molecule has 3 aromatic rings. The molecule has 174 valence electrons. The molecule has 0 saturated carbocycles. The Labute approximate surface area is 194 Å². The molecule has 0 unspecified atom stereocenters. The lowest BCUT2D eigenvalue weighted by atomic mass is 9.95. The molecule has 1 saturated heterocycles. The number of nitrogens with one attached hydrogen (secondary N) is 1. The van der Waals surface area contributed by atoms with Gasteiger partial charge in [-0.15, -0.1) is 10.2 Å². The number of sulfonamides is 1. The zero-order chi connectivity index (χ0) is 23.4.